The van der Waals surface area contributed by atoms with Gasteiger partial charge < -0.3 is 0 Å². The van der Waals surface area contributed by atoms with Crippen LogP contribution >= 0.6 is 11.8 Å². The van der Waals surface area contributed by atoms with Crippen molar-refractivity contribution in [3.63, 3.8) is 0 Å². The van der Waals surface area contributed by atoms with Gasteiger partial charge in [0.2, 0.25) is 0 Å². The minimum Gasteiger partial charge on any atom is -0.300 e. The zero-order chi connectivity index (χ0) is 23.3. The second-order valence-electron chi connectivity index (χ2n) is 8.63. The van der Waals surface area contributed by atoms with Crippen LogP contribution in [0.2, 0.25) is 0 Å². The van der Waals surface area contributed by atoms with Crippen LogP contribution in [0.25, 0.3) is 10.9 Å². The summed E-state index contributed by atoms with van der Waals surface area (Å²) in [7, 11) is 3.11. The van der Waals surface area contributed by atoms with Gasteiger partial charge in [-0.1, -0.05) is 63.4 Å². The Hall–Kier alpha value is -2.61. The summed E-state index contributed by atoms with van der Waals surface area (Å²) in [4.78, 5) is 42.2. The normalized spacial score (nSPS) is 11.5. The van der Waals surface area contributed by atoms with Crippen molar-refractivity contribution in [3.8, 4) is 0 Å². The van der Waals surface area contributed by atoms with Gasteiger partial charge >= 0.3 is 5.69 Å². The summed E-state index contributed by atoms with van der Waals surface area (Å²) in [6.07, 6.45) is 5.58. The highest BCUT2D eigenvalue weighted by Gasteiger charge is 2.13. The monoisotopic (exact) mass is 456 g/mol. The number of thioether (sulfide) groups is 1. The average molecular weight is 457 g/mol. The molecule has 0 bridgehead atoms. The van der Waals surface area contributed by atoms with E-state index in [4.69, 9.17) is 4.98 Å². The fourth-order valence-corrected chi connectivity index (χ4v) is 4.73. The first kappa shape index (κ1) is 24.0. The number of unbranched alkanes of at least 4 members (excludes halogenated alkanes) is 3. The van der Waals surface area contributed by atoms with Crippen molar-refractivity contribution >= 4 is 22.7 Å². The number of para-hydroxylation sites is 1. The third-order valence-electron chi connectivity index (χ3n) is 5.71. The van der Waals surface area contributed by atoms with Gasteiger partial charge in [-0.05, 0) is 24.5 Å². The average Bonchev–Trinajstić information content (AvgIpc) is 2.77. The van der Waals surface area contributed by atoms with E-state index >= 15 is 0 Å². The molecule has 0 fully saturated rings. The van der Waals surface area contributed by atoms with Gasteiger partial charge in [0.25, 0.3) is 11.1 Å². The highest BCUT2D eigenvalue weighted by Crippen LogP contribution is 2.22. The molecule has 0 aliphatic carbocycles. The van der Waals surface area contributed by atoms with Crippen LogP contribution in [0.15, 0.2) is 49.9 Å². The molecule has 0 saturated carbocycles. The molecule has 8 heteroatoms. The molecule has 3 rings (SSSR count). The Kier molecular flexibility index (Phi) is 8.12. The van der Waals surface area contributed by atoms with Gasteiger partial charge in [0.05, 0.1) is 10.9 Å². The molecule has 0 spiro atoms. The Labute approximate surface area is 192 Å². The van der Waals surface area contributed by atoms with Gasteiger partial charge in [0.1, 0.15) is 0 Å². The summed E-state index contributed by atoms with van der Waals surface area (Å²) in [5, 5.41) is 1.22. The number of aromatic nitrogens is 4. The first-order chi connectivity index (χ1) is 15.3. The van der Waals surface area contributed by atoms with Crippen molar-refractivity contribution in [2.45, 2.75) is 63.4 Å². The number of fused-ring (bicyclic) bond motifs is 1. The highest BCUT2D eigenvalue weighted by molar-refractivity contribution is 7.98. The van der Waals surface area contributed by atoms with Crippen LogP contribution in [0.4, 0.5) is 0 Å². The molecule has 7 nitrogen and oxygen atoms in total. The quantitative estimate of drug-likeness (QED) is 0.264. The van der Waals surface area contributed by atoms with Crippen molar-refractivity contribution in [1.29, 1.82) is 0 Å². The number of benzene rings is 1. The lowest BCUT2D eigenvalue weighted by atomic mass is 10.0. The maximum Gasteiger partial charge on any atom is 0.330 e. The van der Waals surface area contributed by atoms with E-state index in [1.165, 1.54) is 42.3 Å². The summed E-state index contributed by atoms with van der Waals surface area (Å²) in [6.45, 7) is 5.08. The Morgan fingerprint density at radius 2 is 1.69 bits per heavy atom. The van der Waals surface area contributed by atoms with Gasteiger partial charge in [-0.3, -0.25) is 23.3 Å². The van der Waals surface area contributed by atoms with Crippen LogP contribution in [0.3, 0.4) is 0 Å². The maximum absolute atomic E-state index is 13.2. The Morgan fingerprint density at radius 1 is 0.969 bits per heavy atom. The number of hydrogen-bond acceptors (Lipinski definition) is 5. The lowest BCUT2D eigenvalue weighted by Gasteiger charge is -2.14. The summed E-state index contributed by atoms with van der Waals surface area (Å²) < 4.78 is 4.29. The van der Waals surface area contributed by atoms with Crippen LogP contribution in [0.5, 0.6) is 0 Å². The second-order valence-corrected chi connectivity index (χ2v) is 9.57. The van der Waals surface area contributed by atoms with E-state index < -0.39 is 0 Å². The van der Waals surface area contributed by atoms with Crippen molar-refractivity contribution in [2.75, 3.05) is 0 Å². The van der Waals surface area contributed by atoms with Gasteiger partial charge in [-0.15, -0.1) is 0 Å². The number of nitrogens with zero attached hydrogens (tertiary/aromatic N) is 4. The summed E-state index contributed by atoms with van der Waals surface area (Å²) >= 11 is 1.38. The van der Waals surface area contributed by atoms with E-state index in [0.717, 1.165) is 29.7 Å². The van der Waals surface area contributed by atoms with E-state index in [-0.39, 0.29) is 16.8 Å². The zero-order valence-corrected chi connectivity index (χ0v) is 20.2. The summed E-state index contributed by atoms with van der Waals surface area (Å²) in [5.41, 5.74) is 0.516. The van der Waals surface area contributed by atoms with E-state index in [9.17, 15) is 14.4 Å². The van der Waals surface area contributed by atoms with E-state index in [1.807, 2.05) is 24.3 Å². The second kappa shape index (κ2) is 10.8. The van der Waals surface area contributed by atoms with Crippen LogP contribution in [0, 0.1) is 5.92 Å². The van der Waals surface area contributed by atoms with Crippen molar-refractivity contribution < 1.29 is 0 Å². The molecule has 0 atom stereocenters. The molecule has 0 radical (unpaired) electrons. The third kappa shape index (κ3) is 5.59. The topological polar surface area (TPSA) is 78.9 Å². The first-order valence-electron chi connectivity index (χ1n) is 11.2. The Balaban J connectivity index is 1.83. The smallest absolute Gasteiger partial charge is 0.300 e. The van der Waals surface area contributed by atoms with Crippen LogP contribution in [0.1, 0.15) is 51.6 Å². The van der Waals surface area contributed by atoms with E-state index in [2.05, 4.69) is 13.8 Å². The summed E-state index contributed by atoms with van der Waals surface area (Å²) in [6, 6.07) is 8.83. The van der Waals surface area contributed by atoms with Crippen LogP contribution in [-0.4, -0.2) is 18.7 Å². The number of rotatable bonds is 10. The molecule has 0 N–H and O–H groups in total. The van der Waals surface area contributed by atoms with Gasteiger partial charge in [-0.25, -0.2) is 9.78 Å². The van der Waals surface area contributed by atoms with Crippen molar-refractivity contribution in [3.05, 3.63) is 67.2 Å². The van der Waals surface area contributed by atoms with Crippen molar-refractivity contribution in [2.24, 2.45) is 20.0 Å². The molecule has 0 unspecified atom stereocenters. The molecular formula is C24H32N4O3S. The molecule has 2 heterocycles. The van der Waals surface area contributed by atoms with E-state index in [0.29, 0.717) is 34.1 Å². The molecule has 0 aliphatic heterocycles. The van der Waals surface area contributed by atoms with Gasteiger partial charge in [0.15, 0.2) is 5.16 Å². The fourth-order valence-electron chi connectivity index (χ4n) is 3.69. The lowest BCUT2D eigenvalue weighted by molar-refractivity contribution is 0.491. The third-order valence-corrected chi connectivity index (χ3v) is 6.72. The fraction of sp³-hybridized carbons (Fsp3) is 0.500. The zero-order valence-electron chi connectivity index (χ0n) is 19.3. The molecule has 32 heavy (non-hydrogen) atoms. The molecule has 0 saturated heterocycles. The largest absolute Gasteiger partial charge is 0.330 e. The van der Waals surface area contributed by atoms with Gasteiger partial charge in [0, 0.05) is 38.2 Å². The molecule has 0 aliphatic rings. The minimum atomic E-state index is -0.363. The highest BCUT2D eigenvalue weighted by atomic mass is 32.2. The maximum atomic E-state index is 13.2. The minimum absolute atomic E-state index is 0.0434. The van der Waals surface area contributed by atoms with E-state index in [1.54, 1.807) is 11.6 Å². The SMILES string of the molecule is CC(C)CCCCCCn1c(SCc2cc(=O)n(C)c(=O)n2C)nc2ccccc2c1=O. The molecular weight excluding hydrogens is 424 g/mol. The lowest BCUT2D eigenvalue weighted by Crippen LogP contribution is -2.37. The Morgan fingerprint density at radius 3 is 2.44 bits per heavy atom. The predicted molar refractivity (Wildman–Crippen MR) is 130 cm³/mol. The standard InChI is InChI=1S/C24H32N4O3S/c1-17(2)11-7-5-6-10-14-28-22(30)19-12-8-9-13-20(19)25-23(28)32-16-18-15-21(29)27(4)24(31)26(18)3/h8-9,12-13,15,17H,5-7,10-11,14,16H2,1-4H3. The molecule has 3 aromatic rings. The van der Waals surface area contributed by atoms with Crippen LogP contribution < -0.4 is 16.8 Å². The first-order valence-corrected chi connectivity index (χ1v) is 12.2. The Bertz CT molecular complexity index is 1260. The molecule has 0 amide bonds. The van der Waals surface area contributed by atoms with Gasteiger partial charge in [-0.2, -0.15) is 0 Å². The summed E-state index contributed by atoms with van der Waals surface area (Å²) in [5.74, 6) is 1.09. The predicted octanol–water partition coefficient (Wildman–Crippen LogP) is 3.69. The molecule has 1 aromatic carbocycles. The van der Waals surface area contributed by atoms with Crippen LogP contribution in [-0.2, 0) is 26.4 Å². The molecule has 2 aromatic heterocycles. The molecule has 172 valence electrons. The number of hydrogen-bond donors (Lipinski definition) is 0. The van der Waals surface area contributed by atoms with Crippen molar-refractivity contribution in [1.82, 2.24) is 18.7 Å².